The van der Waals surface area contributed by atoms with Crippen molar-refractivity contribution >= 4 is 0 Å². The largest absolute Gasteiger partial charge is 0.490 e. The average Bonchev–Trinajstić information content (AvgIpc) is 2.29. The molecule has 0 atom stereocenters. The van der Waals surface area contributed by atoms with Crippen molar-refractivity contribution in [3.63, 3.8) is 0 Å². The second-order valence-corrected chi connectivity index (χ2v) is 3.26. The van der Waals surface area contributed by atoms with Gasteiger partial charge in [0.25, 0.3) is 0 Å². The smallest absolute Gasteiger partial charge is 0.188 e. The van der Waals surface area contributed by atoms with E-state index < -0.39 is 0 Å². The molecular formula is C12H19NO3. The van der Waals surface area contributed by atoms with Crippen molar-refractivity contribution < 1.29 is 14.2 Å². The summed E-state index contributed by atoms with van der Waals surface area (Å²) < 4.78 is 16.0. The molecule has 1 rings (SSSR count). The Bertz CT molecular complexity index is 291. The minimum absolute atomic E-state index is 0.223. The highest BCUT2D eigenvalue weighted by Gasteiger charge is 2.10. The van der Waals surface area contributed by atoms with Crippen LogP contribution in [0.1, 0.15) is 12.5 Å². The molecular weight excluding hydrogens is 206 g/mol. The molecule has 4 heteroatoms. The van der Waals surface area contributed by atoms with Gasteiger partial charge in [0.15, 0.2) is 18.3 Å². The summed E-state index contributed by atoms with van der Waals surface area (Å²) >= 11 is 0. The number of hydrogen-bond acceptors (Lipinski definition) is 4. The third-order valence-electron chi connectivity index (χ3n) is 2.05. The van der Waals surface area contributed by atoms with Crippen molar-refractivity contribution in [3.8, 4) is 11.5 Å². The number of hydrogen-bond donors (Lipinski definition) is 1. The van der Waals surface area contributed by atoms with Crippen molar-refractivity contribution in [1.29, 1.82) is 0 Å². The molecule has 0 aromatic heterocycles. The maximum Gasteiger partial charge on any atom is 0.188 e. The number of benzene rings is 1. The van der Waals surface area contributed by atoms with Crippen LogP contribution >= 0.6 is 0 Å². The molecule has 0 saturated carbocycles. The van der Waals surface area contributed by atoms with Crippen LogP contribution in [0.4, 0.5) is 0 Å². The fourth-order valence-corrected chi connectivity index (χ4v) is 1.44. The van der Waals surface area contributed by atoms with Crippen molar-refractivity contribution in [3.05, 3.63) is 23.8 Å². The first-order valence-corrected chi connectivity index (χ1v) is 5.34. The van der Waals surface area contributed by atoms with Gasteiger partial charge in [-0.25, -0.2) is 0 Å². The minimum Gasteiger partial charge on any atom is -0.490 e. The first-order valence-electron chi connectivity index (χ1n) is 5.34. The lowest BCUT2D eigenvalue weighted by atomic mass is 10.2. The van der Waals surface area contributed by atoms with E-state index >= 15 is 0 Å². The van der Waals surface area contributed by atoms with Crippen molar-refractivity contribution in [1.82, 2.24) is 5.32 Å². The van der Waals surface area contributed by atoms with Gasteiger partial charge in [0, 0.05) is 19.2 Å². The number of ether oxygens (including phenoxy) is 3. The Labute approximate surface area is 96.5 Å². The molecule has 4 nitrogen and oxygen atoms in total. The molecule has 1 aromatic carbocycles. The van der Waals surface area contributed by atoms with Crippen molar-refractivity contribution in [2.45, 2.75) is 13.5 Å². The number of rotatable bonds is 7. The first kappa shape index (κ1) is 12.8. The summed E-state index contributed by atoms with van der Waals surface area (Å²) in [6.07, 6.45) is 0. The van der Waals surface area contributed by atoms with E-state index in [9.17, 15) is 0 Å². The Kier molecular flexibility index (Phi) is 5.67. The molecule has 0 heterocycles. The van der Waals surface area contributed by atoms with Crippen LogP contribution in [0, 0.1) is 0 Å². The molecule has 0 aliphatic rings. The SMILES string of the molecule is CCOc1cccc(CNC)c1OCOC. The van der Waals surface area contributed by atoms with Gasteiger partial charge in [-0.3, -0.25) is 0 Å². The van der Waals surface area contributed by atoms with E-state index in [1.165, 1.54) is 0 Å². The van der Waals surface area contributed by atoms with Crippen LogP contribution in [0.2, 0.25) is 0 Å². The molecule has 0 unspecified atom stereocenters. The van der Waals surface area contributed by atoms with Crippen LogP contribution < -0.4 is 14.8 Å². The molecule has 0 aliphatic heterocycles. The molecule has 0 aliphatic carbocycles. The second-order valence-electron chi connectivity index (χ2n) is 3.26. The van der Waals surface area contributed by atoms with Gasteiger partial charge in [-0.1, -0.05) is 12.1 Å². The Hall–Kier alpha value is -1.26. The monoisotopic (exact) mass is 225 g/mol. The summed E-state index contributed by atoms with van der Waals surface area (Å²) in [7, 11) is 3.49. The summed E-state index contributed by atoms with van der Waals surface area (Å²) in [5, 5.41) is 3.09. The molecule has 0 saturated heterocycles. The zero-order valence-electron chi connectivity index (χ0n) is 10.1. The number of nitrogens with one attached hydrogen (secondary N) is 1. The summed E-state index contributed by atoms with van der Waals surface area (Å²) in [6, 6.07) is 5.86. The standard InChI is InChI=1S/C12H19NO3/c1-4-15-11-7-5-6-10(8-13-2)12(11)16-9-14-3/h5-7,13H,4,8-9H2,1-3H3. The predicted octanol–water partition coefficient (Wildman–Crippen LogP) is 1.79. The Morgan fingerprint density at radius 3 is 2.69 bits per heavy atom. The van der Waals surface area contributed by atoms with Crippen molar-refractivity contribution in [2.75, 3.05) is 27.6 Å². The molecule has 90 valence electrons. The van der Waals surface area contributed by atoms with Gasteiger partial charge in [-0.2, -0.15) is 0 Å². The van der Waals surface area contributed by atoms with Gasteiger partial charge in [0.2, 0.25) is 0 Å². The van der Waals surface area contributed by atoms with Gasteiger partial charge in [-0.15, -0.1) is 0 Å². The van der Waals surface area contributed by atoms with Crippen LogP contribution in [0.3, 0.4) is 0 Å². The van der Waals surface area contributed by atoms with Gasteiger partial charge in [0.05, 0.1) is 6.61 Å². The van der Waals surface area contributed by atoms with Gasteiger partial charge < -0.3 is 19.5 Å². The van der Waals surface area contributed by atoms with E-state index in [4.69, 9.17) is 14.2 Å². The van der Waals surface area contributed by atoms with E-state index in [0.717, 1.165) is 23.6 Å². The molecule has 1 N–H and O–H groups in total. The molecule has 0 amide bonds. The van der Waals surface area contributed by atoms with Crippen LogP contribution in [0.5, 0.6) is 11.5 Å². The lowest BCUT2D eigenvalue weighted by Crippen LogP contribution is -2.10. The highest BCUT2D eigenvalue weighted by Crippen LogP contribution is 2.31. The van der Waals surface area contributed by atoms with Gasteiger partial charge >= 0.3 is 0 Å². The molecule has 1 aromatic rings. The minimum atomic E-state index is 0.223. The third kappa shape index (κ3) is 3.40. The van der Waals surface area contributed by atoms with E-state index in [1.807, 2.05) is 32.2 Å². The highest BCUT2D eigenvalue weighted by atomic mass is 16.7. The molecule has 0 bridgehead atoms. The molecule has 16 heavy (non-hydrogen) atoms. The zero-order chi connectivity index (χ0) is 11.8. The summed E-state index contributed by atoms with van der Waals surface area (Å²) in [4.78, 5) is 0. The van der Waals surface area contributed by atoms with E-state index in [0.29, 0.717) is 6.61 Å². The summed E-state index contributed by atoms with van der Waals surface area (Å²) in [5.41, 5.74) is 1.06. The van der Waals surface area contributed by atoms with E-state index in [1.54, 1.807) is 7.11 Å². The lowest BCUT2D eigenvalue weighted by Gasteiger charge is -2.15. The van der Waals surface area contributed by atoms with Gasteiger partial charge in [0.1, 0.15) is 0 Å². The van der Waals surface area contributed by atoms with Crippen LogP contribution in [-0.4, -0.2) is 27.6 Å². The lowest BCUT2D eigenvalue weighted by molar-refractivity contribution is 0.0479. The highest BCUT2D eigenvalue weighted by molar-refractivity contribution is 5.46. The molecule has 0 spiro atoms. The third-order valence-corrected chi connectivity index (χ3v) is 2.05. The van der Waals surface area contributed by atoms with Crippen LogP contribution in [0.15, 0.2) is 18.2 Å². The average molecular weight is 225 g/mol. The van der Waals surface area contributed by atoms with Gasteiger partial charge in [-0.05, 0) is 20.0 Å². The summed E-state index contributed by atoms with van der Waals surface area (Å²) in [5.74, 6) is 1.51. The van der Waals surface area contributed by atoms with Crippen LogP contribution in [0.25, 0.3) is 0 Å². The topological polar surface area (TPSA) is 39.7 Å². The molecule has 0 fully saturated rings. The number of para-hydroxylation sites is 1. The quantitative estimate of drug-likeness (QED) is 0.718. The first-order chi connectivity index (χ1) is 7.83. The van der Waals surface area contributed by atoms with Crippen molar-refractivity contribution in [2.24, 2.45) is 0 Å². The Balaban J connectivity index is 2.92. The Morgan fingerprint density at radius 1 is 1.25 bits per heavy atom. The fraction of sp³-hybridized carbons (Fsp3) is 0.500. The van der Waals surface area contributed by atoms with Crippen LogP contribution in [-0.2, 0) is 11.3 Å². The zero-order valence-corrected chi connectivity index (χ0v) is 10.1. The normalized spacial score (nSPS) is 10.2. The van der Waals surface area contributed by atoms with E-state index in [-0.39, 0.29) is 6.79 Å². The second kappa shape index (κ2) is 7.09. The Morgan fingerprint density at radius 2 is 2.06 bits per heavy atom. The van der Waals surface area contributed by atoms with E-state index in [2.05, 4.69) is 5.32 Å². The predicted molar refractivity (Wildman–Crippen MR) is 62.9 cm³/mol. The number of methoxy groups -OCH3 is 1. The molecule has 0 radical (unpaired) electrons. The maximum absolute atomic E-state index is 5.54. The maximum atomic E-state index is 5.54. The summed E-state index contributed by atoms with van der Waals surface area (Å²) in [6.45, 7) is 3.53. The fourth-order valence-electron chi connectivity index (χ4n) is 1.44.